The van der Waals surface area contributed by atoms with Gasteiger partial charge in [0.05, 0.1) is 26.4 Å². The number of ether oxygens (including phenoxy) is 1. The van der Waals surface area contributed by atoms with Crippen molar-refractivity contribution in [1.82, 2.24) is 0 Å². The van der Waals surface area contributed by atoms with Gasteiger partial charge < -0.3 is 19.8 Å². The number of aliphatic hydroxyl groups is 2. The number of hydrogen-bond acceptors (Lipinski definition) is 4. The van der Waals surface area contributed by atoms with Crippen LogP contribution in [0.15, 0.2) is 24.3 Å². The van der Waals surface area contributed by atoms with Crippen LogP contribution >= 0.6 is 0 Å². The highest BCUT2D eigenvalue weighted by atomic mass is 16.5. The largest absolute Gasteiger partial charge is 0.497 e. The predicted molar refractivity (Wildman–Crippen MR) is 59.4 cm³/mol. The summed E-state index contributed by atoms with van der Waals surface area (Å²) >= 11 is 0. The van der Waals surface area contributed by atoms with E-state index in [9.17, 15) is 0 Å². The molecule has 0 bridgehead atoms. The number of nitrogens with zero attached hydrogens (tertiary/aromatic N) is 1. The molecule has 1 aromatic carbocycles. The summed E-state index contributed by atoms with van der Waals surface area (Å²) in [4.78, 5) is 1.82. The normalized spacial score (nSPS) is 10.5. The fourth-order valence-corrected chi connectivity index (χ4v) is 1.34. The molecule has 0 spiro atoms. The van der Waals surface area contributed by atoms with Crippen LogP contribution in [-0.2, 0) is 0 Å². The second kappa shape index (κ2) is 5.58. The molecule has 1 rings (SSSR count). The second-order valence-electron chi connectivity index (χ2n) is 3.33. The molecule has 4 heteroatoms. The summed E-state index contributed by atoms with van der Waals surface area (Å²) in [5.74, 6) is 0.758. The van der Waals surface area contributed by atoms with Gasteiger partial charge in [0.2, 0.25) is 0 Å². The first-order valence-electron chi connectivity index (χ1n) is 4.81. The van der Waals surface area contributed by atoms with E-state index in [2.05, 4.69) is 0 Å². The summed E-state index contributed by atoms with van der Waals surface area (Å²) in [5.41, 5.74) is 0.905. The van der Waals surface area contributed by atoms with E-state index in [-0.39, 0.29) is 19.3 Å². The molecule has 2 N–H and O–H groups in total. The first-order chi connectivity index (χ1) is 7.22. The van der Waals surface area contributed by atoms with Crippen molar-refractivity contribution in [1.29, 1.82) is 0 Å². The Labute approximate surface area is 89.7 Å². The molecule has 0 aliphatic carbocycles. The molecule has 0 unspecified atom stereocenters. The number of anilines is 1. The molecule has 0 radical (unpaired) electrons. The van der Waals surface area contributed by atoms with Crippen LogP contribution in [0.3, 0.4) is 0 Å². The lowest BCUT2D eigenvalue weighted by atomic mass is 10.2. The van der Waals surface area contributed by atoms with Gasteiger partial charge in [-0.05, 0) is 12.1 Å². The fourth-order valence-electron chi connectivity index (χ4n) is 1.34. The van der Waals surface area contributed by atoms with Crippen molar-refractivity contribution in [2.24, 2.45) is 0 Å². The Kier molecular flexibility index (Phi) is 4.39. The molecule has 4 nitrogen and oxygen atoms in total. The Balaban J connectivity index is 2.84. The van der Waals surface area contributed by atoms with E-state index < -0.39 is 0 Å². The average molecular weight is 211 g/mol. The lowest BCUT2D eigenvalue weighted by molar-refractivity contribution is 0.190. The number of hydrogen-bond donors (Lipinski definition) is 2. The molecule has 84 valence electrons. The third-order valence-electron chi connectivity index (χ3n) is 2.43. The van der Waals surface area contributed by atoms with Crippen LogP contribution in [0.1, 0.15) is 0 Å². The Hall–Kier alpha value is -1.26. The van der Waals surface area contributed by atoms with E-state index in [4.69, 9.17) is 14.9 Å². The van der Waals surface area contributed by atoms with Crippen LogP contribution < -0.4 is 9.64 Å². The van der Waals surface area contributed by atoms with Crippen molar-refractivity contribution < 1.29 is 14.9 Å². The molecule has 1 aromatic rings. The minimum absolute atomic E-state index is 0.0792. The smallest absolute Gasteiger partial charge is 0.120 e. The van der Waals surface area contributed by atoms with Gasteiger partial charge in [0.1, 0.15) is 5.75 Å². The van der Waals surface area contributed by atoms with E-state index in [1.165, 1.54) is 0 Å². The van der Waals surface area contributed by atoms with Crippen LogP contribution in [0.5, 0.6) is 5.75 Å². The van der Waals surface area contributed by atoms with E-state index in [0.717, 1.165) is 11.4 Å². The molecule has 0 saturated carbocycles. The van der Waals surface area contributed by atoms with Gasteiger partial charge in [0, 0.05) is 18.8 Å². The van der Waals surface area contributed by atoms with E-state index in [0.29, 0.717) is 0 Å². The lowest BCUT2D eigenvalue weighted by Gasteiger charge is -2.27. The Morgan fingerprint density at radius 2 is 2.00 bits per heavy atom. The molecule has 0 aliphatic heterocycles. The van der Waals surface area contributed by atoms with Crippen molar-refractivity contribution >= 4 is 5.69 Å². The minimum Gasteiger partial charge on any atom is -0.497 e. The van der Waals surface area contributed by atoms with E-state index in [1.54, 1.807) is 7.11 Å². The highest BCUT2D eigenvalue weighted by Gasteiger charge is 2.13. The highest BCUT2D eigenvalue weighted by molar-refractivity contribution is 5.50. The minimum atomic E-state index is -0.280. The van der Waals surface area contributed by atoms with Crippen molar-refractivity contribution in [2.75, 3.05) is 32.3 Å². The third-order valence-corrected chi connectivity index (χ3v) is 2.43. The zero-order valence-corrected chi connectivity index (χ0v) is 9.05. The molecule has 0 heterocycles. The Morgan fingerprint density at radius 1 is 1.33 bits per heavy atom. The zero-order valence-electron chi connectivity index (χ0n) is 9.05. The second-order valence-corrected chi connectivity index (χ2v) is 3.33. The maximum Gasteiger partial charge on any atom is 0.120 e. The monoisotopic (exact) mass is 211 g/mol. The fraction of sp³-hybridized carbons (Fsp3) is 0.455. The number of benzene rings is 1. The molecule has 0 saturated heterocycles. The van der Waals surface area contributed by atoms with Crippen molar-refractivity contribution in [3.63, 3.8) is 0 Å². The summed E-state index contributed by atoms with van der Waals surface area (Å²) in [7, 11) is 3.43. The van der Waals surface area contributed by atoms with Crippen LogP contribution in [0.2, 0.25) is 0 Å². The summed E-state index contributed by atoms with van der Waals surface area (Å²) in [6.07, 6.45) is 0. The van der Waals surface area contributed by atoms with Crippen molar-refractivity contribution in [3.8, 4) is 5.75 Å². The number of likely N-dealkylation sites (N-methyl/N-ethyl adjacent to an activating group) is 1. The predicted octanol–water partition coefficient (Wildman–Crippen LogP) is 0.485. The number of rotatable bonds is 5. The summed E-state index contributed by atoms with van der Waals surface area (Å²) < 4.78 is 5.10. The number of methoxy groups -OCH3 is 1. The van der Waals surface area contributed by atoms with Crippen molar-refractivity contribution in [2.45, 2.75) is 6.04 Å². The summed E-state index contributed by atoms with van der Waals surface area (Å²) in [6.45, 7) is -0.158. The highest BCUT2D eigenvalue weighted by Crippen LogP contribution is 2.21. The van der Waals surface area contributed by atoms with Gasteiger partial charge in [-0.25, -0.2) is 0 Å². The SMILES string of the molecule is COc1cccc(N(C)C(CO)CO)c1. The van der Waals surface area contributed by atoms with Crippen molar-refractivity contribution in [3.05, 3.63) is 24.3 Å². The molecular formula is C11H17NO3. The van der Waals surface area contributed by atoms with Gasteiger partial charge in [0.15, 0.2) is 0 Å². The van der Waals surface area contributed by atoms with Gasteiger partial charge >= 0.3 is 0 Å². The third kappa shape index (κ3) is 2.84. The maximum absolute atomic E-state index is 9.05. The number of aliphatic hydroxyl groups excluding tert-OH is 2. The summed E-state index contributed by atoms with van der Waals surface area (Å²) in [5, 5.41) is 18.1. The molecular weight excluding hydrogens is 194 g/mol. The Morgan fingerprint density at radius 3 is 2.53 bits per heavy atom. The van der Waals surface area contributed by atoms with Crippen LogP contribution in [0.4, 0.5) is 5.69 Å². The Bertz CT molecular complexity index is 300. The van der Waals surface area contributed by atoms with Gasteiger partial charge in [-0.1, -0.05) is 6.07 Å². The van der Waals surface area contributed by atoms with Gasteiger partial charge in [-0.2, -0.15) is 0 Å². The standard InChI is InChI=1S/C11H17NO3/c1-12(10(7-13)8-14)9-4-3-5-11(6-9)15-2/h3-6,10,13-14H,7-8H2,1-2H3. The maximum atomic E-state index is 9.05. The van der Waals surface area contributed by atoms with E-state index >= 15 is 0 Å². The summed E-state index contributed by atoms with van der Waals surface area (Å²) in [6, 6.07) is 7.21. The molecule has 0 atom stereocenters. The average Bonchev–Trinajstić information content (AvgIpc) is 2.30. The zero-order chi connectivity index (χ0) is 11.3. The van der Waals surface area contributed by atoms with Gasteiger partial charge in [-0.3, -0.25) is 0 Å². The quantitative estimate of drug-likeness (QED) is 0.744. The molecule has 0 aliphatic rings. The van der Waals surface area contributed by atoms with Crippen LogP contribution in [0, 0.1) is 0 Å². The molecule has 15 heavy (non-hydrogen) atoms. The lowest BCUT2D eigenvalue weighted by Crippen LogP contribution is -2.37. The first-order valence-corrected chi connectivity index (χ1v) is 4.81. The molecule has 0 fully saturated rings. The molecule has 0 aromatic heterocycles. The molecule has 0 amide bonds. The first kappa shape index (κ1) is 11.8. The van der Waals surface area contributed by atoms with E-state index in [1.807, 2.05) is 36.2 Å². The van der Waals surface area contributed by atoms with Crippen LogP contribution in [-0.4, -0.2) is 43.6 Å². The van der Waals surface area contributed by atoms with Crippen LogP contribution in [0.25, 0.3) is 0 Å². The topological polar surface area (TPSA) is 52.9 Å². The van der Waals surface area contributed by atoms with Gasteiger partial charge in [0.25, 0.3) is 0 Å². The van der Waals surface area contributed by atoms with Gasteiger partial charge in [-0.15, -0.1) is 0 Å².